The van der Waals surface area contributed by atoms with Gasteiger partial charge in [0.15, 0.2) is 0 Å². The zero-order valence-corrected chi connectivity index (χ0v) is 13.3. The molecule has 1 saturated heterocycles. The van der Waals surface area contributed by atoms with E-state index in [-0.39, 0.29) is 18.1 Å². The van der Waals surface area contributed by atoms with Gasteiger partial charge in [0, 0.05) is 19.7 Å². The SMILES string of the molecule is CC(CN(C)C(=O)C1CNNN1)Oc1ccc(Cl)c(Cl)c1. The number of hydrogen-bond donors (Lipinski definition) is 3. The lowest BCUT2D eigenvalue weighted by atomic mass is 10.2. The first-order valence-corrected chi connectivity index (χ1v) is 7.33. The molecule has 8 heteroatoms. The van der Waals surface area contributed by atoms with Crippen molar-refractivity contribution in [3.8, 4) is 5.75 Å². The molecule has 0 spiro atoms. The van der Waals surface area contributed by atoms with Crippen molar-refractivity contribution in [1.82, 2.24) is 21.3 Å². The minimum Gasteiger partial charge on any atom is -0.489 e. The standard InChI is InChI=1S/C13H18Cl2N4O2/c1-8(21-9-3-4-10(14)11(15)5-9)7-19(2)13(20)12-6-16-18-17-12/h3-5,8,12,16-18H,6-7H2,1-2H3. The van der Waals surface area contributed by atoms with E-state index in [1.165, 1.54) is 0 Å². The van der Waals surface area contributed by atoms with Crippen molar-refractivity contribution >= 4 is 29.1 Å². The van der Waals surface area contributed by atoms with Gasteiger partial charge in [0.25, 0.3) is 0 Å². The second kappa shape index (κ2) is 7.29. The Morgan fingerprint density at radius 1 is 1.48 bits per heavy atom. The van der Waals surface area contributed by atoms with Crippen LogP contribution in [0.25, 0.3) is 0 Å². The Morgan fingerprint density at radius 3 is 2.86 bits per heavy atom. The number of ether oxygens (including phenoxy) is 1. The Kier molecular flexibility index (Phi) is 5.66. The highest BCUT2D eigenvalue weighted by molar-refractivity contribution is 6.42. The molecular formula is C13H18Cl2N4O2. The van der Waals surface area contributed by atoms with Crippen molar-refractivity contribution in [1.29, 1.82) is 0 Å². The van der Waals surface area contributed by atoms with E-state index in [1.807, 2.05) is 6.92 Å². The largest absolute Gasteiger partial charge is 0.489 e. The summed E-state index contributed by atoms with van der Waals surface area (Å²) in [4.78, 5) is 13.8. The van der Waals surface area contributed by atoms with E-state index in [9.17, 15) is 4.79 Å². The highest BCUT2D eigenvalue weighted by Crippen LogP contribution is 2.26. The fraction of sp³-hybridized carbons (Fsp3) is 0.462. The molecule has 116 valence electrons. The van der Waals surface area contributed by atoms with Gasteiger partial charge in [-0.25, -0.2) is 10.9 Å². The second-order valence-corrected chi connectivity index (χ2v) is 5.74. The Hall–Kier alpha value is -1.05. The van der Waals surface area contributed by atoms with Crippen LogP contribution in [0.3, 0.4) is 0 Å². The number of hydrogen-bond acceptors (Lipinski definition) is 5. The summed E-state index contributed by atoms with van der Waals surface area (Å²) in [6, 6.07) is 4.82. The molecule has 3 N–H and O–H groups in total. The van der Waals surface area contributed by atoms with Crippen molar-refractivity contribution in [3.05, 3.63) is 28.2 Å². The molecule has 1 aromatic carbocycles. The van der Waals surface area contributed by atoms with Gasteiger partial charge in [0.05, 0.1) is 16.6 Å². The molecule has 1 heterocycles. The first-order chi connectivity index (χ1) is 9.97. The number of amides is 1. The molecule has 0 aliphatic carbocycles. The highest BCUT2D eigenvalue weighted by Gasteiger charge is 2.25. The molecule has 1 amide bonds. The van der Waals surface area contributed by atoms with E-state index >= 15 is 0 Å². The molecule has 2 atom stereocenters. The maximum atomic E-state index is 12.1. The third kappa shape index (κ3) is 4.46. The molecule has 6 nitrogen and oxygen atoms in total. The minimum atomic E-state index is -0.271. The van der Waals surface area contributed by atoms with Crippen LogP contribution in [0.5, 0.6) is 5.75 Å². The summed E-state index contributed by atoms with van der Waals surface area (Å²) in [6.45, 7) is 2.91. The third-order valence-electron chi connectivity index (χ3n) is 3.07. The Morgan fingerprint density at radius 2 is 2.24 bits per heavy atom. The quantitative estimate of drug-likeness (QED) is 0.756. The van der Waals surface area contributed by atoms with Gasteiger partial charge in [-0.15, -0.1) is 0 Å². The summed E-state index contributed by atoms with van der Waals surface area (Å²) in [5.41, 5.74) is 8.40. The van der Waals surface area contributed by atoms with Crippen LogP contribution in [0.4, 0.5) is 0 Å². The van der Waals surface area contributed by atoms with Gasteiger partial charge in [0.2, 0.25) is 5.91 Å². The highest BCUT2D eigenvalue weighted by atomic mass is 35.5. The molecule has 1 aromatic rings. The van der Waals surface area contributed by atoms with Gasteiger partial charge in [0.1, 0.15) is 17.9 Å². The van der Waals surface area contributed by atoms with E-state index in [0.717, 1.165) is 0 Å². The molecule has 0 aromatic heterocycles. The number of likely N-dealkylation sites (N-methyl/N-ethyl adjacent to an activating group) is 1. The van der Waals surface area contributed by atoms with Gasteiger partial charge < -0.3 is 9.64 Å². The Labute approximate surface area is 133 Å². The zero-order valence-electron chi connectivity index (χ0n) is 11.8. The fourth-order valence-electron chi connectivity index (χ4n) is 2.05. The molecular weight excluding hydrogens is 315 g/mol. The van der Waals surface area contributed by atoms with Gasteiger partial charge in [-0.2, -0.15) is 5.53 Å². The monoisotopic (exact) mass is 332 g/mol. The minimum absolute atomic E-state index is 0.00270. The first kappa shape index (κ1) is 16.3. The molecule has 0 radical (unpaired) electrons. The van der Waals surface area contributed by atoms with Crippen LogP contribution >= 0.6 is 23.2 Å². The molecule has 1 aliphatic rings. The lowest BCUT2D eigenvalue weighted by molar-refractivity contribution is -0.132. The van der Waals surface area contributed by atoms with Crippen LogP contribution in [0.15, 0.2) is 18.2 Å². The molecule has 2 rings (SSSR count). The molecule has 2 unspecified atom stereocenters. The summed E-state index contributed by atoms with van der Waals surface area (Å²) in [6.07, 6.45) is -0.168. The summed E-state index contributed by atoms with van der Waals surface area (Å²) < 4.78 is 5.74. The molecule has 0 saturated carbocycles. The lowest BCUT2D eigenvalue weighted by Crippen LogP contribution is -2.47. The smallest absolute Gasteiger partial charge is 0.242 e. The number of hydrazine groups is 2. The average Bonchev–Trinajstić information content (AvgIpc) is 2.96. The number of nitrogens with one attached hydrogen (secondary N) is 3. The van der Waals surface area contributed by atoms with Gasteiger partial charge in [-0.3, -0.25) is 4.79 Å². The maximum absolute atomic E-state index is 12.1. The molecule has 21 heavy (non-hydrogen) atoms. The van der Waals surface area contributed by atoms with Crippen LogP contribution in [0.2, 0.25) is 10.0 Å². The zero-order chi connectivity index (χ0) is 15.4. The van der Waals surface area contributed by atoms with E-state index in [0.29, 0.717) is 28.9 Å². The van der Waals surface area contributed by atoms with Crippen molar-refractivity contribution < 1.29 is 9.53 Å². The van der Waals surface area contributed by atoms with Crippen LogP contribution in [0, 0.1) is 0 Å². The predicted octanol–water partition coefficient (Wildman–Crippen LogP) is 1.20. The number of benzene rings is 1. The normalized spacial score (nSPS) is 19.3. The van der Waals surface area contributed by atoms with Crippen LogP contribution in [-0.2, 0) is 4.79 Å². The summed E-state index contributed by atoms with van der Waals surface area (Å²) in [5, 5.41) is 0.925. The van der Waals surface area contributed by atoms with Crippen LogP contribution in [0.1, 0.15) is 6.92 Å². The fourth-order valence-corrected chi connectivity index (χ4v) is 2.34. The first-order valence-electron chi connectivity index (χ1n) is 6.57. The van der Waals surface area contributed by atoms with Crippen molar-refractivity contribution in [2.45, 2.75) is 19.1 Å². The van der Waals surface area contributed by atoms with Gasteiger partial charge in [-0.05, 0) is 19.1 Å². The van der Waals surface area contributed by atoms with Crippen molar-refractivity contribution in [2.24, 2.45) is 0 Å². The predicted molar refractivity (Wildman–Crippen MR) is 82.3 cm³/mol. The van der Waals surface area contributed by atoms with E-state index in [4.69, 9.17) is 27.9 Å². The van der Waals surface area contributed by atoms with Crippen molar-refractivity contribution in [3.63, 3.8) is 0 Å². The average molecular weight is 333 g/mol. The van der Waals surface area contributed by atoms with Crippen molar-refractivity contribution in [2.75, 3.05) is 20.1 Å². The third-order valence-corrected chi connectivity index (χ3v) is 3.81. The number of carbonyl (C=O) groups excluding carboxylic acids is 1. The number of nitrogens with zero attached hydrogens (tertiary/aromatic N) is 1. The van der Waals surface area contributed by atoms with E-state index < -0.39 is 0 Å². The van der Waals surface area contributed by atoms with Crippen LogP contribution in [-0.4, -0.2) is 43.1 Å². The van der Waals surface area contributed by atoms with Gasteiger partial charge in [-0.1, -0.05) is 23.2 Å². The summed E-state index contributed by atoms with van der Waals surface area (Å²) in [5.74, 6) is 0.622. The Balaban J connectivity index is 1.86. The summed E-state index contributed by atoms with van der Waals surface area (Å²) in [7, 11) is 1.75. The van der Waals surface area contributed by atoms with E-state index in [1.54, 1.807) is 30.1 Å². The van der Waals surface area contributed by atoms with E-state index in [2.05, 4.69) is 16.4 Å². The number of carbonyl (C=O) groups is 1. The summed E-state index contributed by atoms with van der Waals surface area (Å²) >= 11 is 11.8. The molecule has 1 fully saturated rings. The molecule has 1 aliphatic heterocycles. The number of rotatable bonds is 5. The van der Waals surface area contributed by atoms with Gasteiger partial charge >= 0.3 is 0 Å². The Bertz CT molecular complexity index is 509. The topological polar surface area (TPSA) is 65.6 Å². The molecule has 0 bridgehead atoms. The second-order valence-electron chi connectivity index (χ2n) is 4.93. The number of halogens is 2. The lowest BCUT2D eigenvalue weighted by Gasteiger charge is -2.24. The van der Waals surface area contributed by atoms with Crippen LogP contribution < -0.4 is 21.1 Å². The maximum Gasteiger partial charge on any atom is 0.242 e.